The number of hydrogen-bond acceptors (Lipinski definition) is 6. The Kier molecular flexibility index (Phi) is 5.79. The second-order valence-electron chi connectivity index (χ2n) is 11.7. The number of rotatable bonds is 6. The molecule has 33 heavy (non-hydrogen) atoms. The van der Waals surface area contributed by atoms with Crippen molar-refractivity contribution in [2.75, 3.05) is 6.54 Å². The average molecular weight is 460 g/mol. The Hall–Kier alpha value is -2.49. The predicted octanol–water partition coefficient (Wildman–Crippen LogP) is 0.372. The largest absolute Gasteiger partial charge is 0.368 e. The summed E-state index contributed by atoms with van der Waals surface area (Å²) >= 11 is 0. The van der Waals surface area contributed by atoms with Crippen LogP contribution in [0.15, 0.2) is 6.33 Å². The Bertz CT molecular complexity index is 950. The van der Waals surface area contributed by atoms with E-state index in [4.69, 9.17) is 11.5 Å². The summed E-state index contributed by atoms with van der Waals surface area (Å²) in [4.78, 5) is 40.7. The van der Waals surface area contributed by atoms with Crippen molar-refractivity contribution in [2.45, 2.75) is 84.5 Å². The van der Waals surface area contributed by atoms with Gasteiger partial charge in [-0.1, -0.05) is 34.6 Å². The molecule has 0 radical (unpaired) electrons. The molecule has 3 amide bonds. The van der Waals surface area contributed by atoms with E-state index in [1.54, 1.807) is 11.2 Å². The fraction of sp³-hybridized carbons (Fsp3) is 0.783. The number of likely N-dealkylation sites (tertiary alicyclic amines) is 1. The molecule has 1 aromatic rings. The second-order valence-corrected chi connectivity index (χ2v) is 11.7. The van der Waals surface area contributed by atoms with Crippen LogP contribution < -0.4 is 16.8 Å². The molecule has 2 fully saturated rings. The molecule has 10 heteroatoms. The maximum atomic E-state index is 13.5. The van der Waals surface area contributed by atoms with E-state index in [-0.39, 0.29) is 35.0 Å². The molecule has 1 saturated heterocycles. The highest BCUT2D eigenvalue weighted by Gasteiger charge is 2.69. The lowest BCUT2D eigenvalue weighted by Gasteiger charge is -2.36. The van der Waals surface area contributed by atoms with Crippen LogP contribution in [0.25, 0.3) is 0 Å². The number of primary amides is 1. The molecule has 2 aliphatic heterocycles. The van der Waals surface area contributed by atoms with E-state index in [1.165, 1.54) is 0 Å². The van der Waals surface area contributed by atoms with Gasteiger partial charge < -0.3 is 26.3 Å². The normalized spacial score (nSPS) is 29.6. The Balaban J connectivity index is 1.51. The quantitative estimate of drug-likeness (QED) is 0.559. The van der Waals surface area contributed by atoms with Gasteiger partial charge in [-0.2, -0.15) is 0 Å². The first-order valence-corrected chi connectivity index (χ1v) is 11.9. The van der Waals surface area contributed by atoms with Crippen LogP contribution in [0.3, 0.4) is 0 Å². The zero-order valence-corrected chi connectivity index (χ0v) is 20.2. The number of hydrogen-bond donors (Lipinski definition) is 3. The van der Waals surface area contributed by atoms with Gasteiger partial charge in [0, 0.05) is 19.0 Å². The lowest BCUT2D eigenvalue weighted by molar-refractivity contribution is -0.143. The number of piperidine rings is 1. The lowest BCUT2D eigenvalue weighted by atomic mass is 9.86. The van der Waals surface area contributed by atoms with E-state index in [1.807, 2.05) is 25.3 Å². The van der Waals surface area contributed by atoms with Crippen LogP contribution in [0, 0.1) is 22.7 Å². The highest BCUT2D eigenvalue weighted by Crippen LogP contribution is 2.65. The molecule has 6 atom stereocenters. The number of nitrogens with one attached hydrogen (secondary N) is 1. The fourth-order valence-electron chi connectivity index (χ4n) is 5.76. The predicted molar refractivity (Wildman–Crippen MR) is 121 cm³/mol. The third kappa shape index (κ3) is 4.13. The molecule has 1 saturated carbocycles. The number of fused-ring (bicyclic) bond motifs is 2. The molecular weight excluding hydrogens is 422 g/mol. The van der Waals surface area contributed by atoms with Crippen molar-refractivity contribution in [3.63, 3.8) is 0 Å². The molecule has 3 aliphatic rings. The summed E-state index contributed by atoms with van der Waals surface area (Å²) in [5.41, 5.74) is 11.5. The summed E-state index contributed by atoms with van der Waals surface area (Å²) in [5.74, 6) is -0.0499. The molecule has 3 unspecified atom stereocenters. The number of nitrogens with two attached hydrogens (primary N) is 2. The first kappa shape index (κ1) is 23.7. The van der Waals surface area contributed by atoms with Crippen LogP contribution >= 0.6 is 0 Å². The smallest absolute Gasteiger partial charge is 0.243 e. The van der Waals surface area contributed by atoms with E-state index in [0.29, 0.717) is 13.0 Å². The first-order chi connectivity index (χ1) is 15.3. The van der Waals surface area contributed by atoms with Gasteiger partial charge in [0.2, 0.25) is 17.7 Å². The SMILES string of the molecule is CC(C)(C)C(N)C(=O)N1C[C@H]2[C@@H]([C@H]1C(=O)NC(CC1CCCn3cnnc31)C(N)=O)C2(C)C. The maximum Gasteiger partial charge on any atom is 0.243 e. The van der Waals surface area contributed by atoms with Crippen LogP contribution in [-0.4, -0.2) is 62.1 Å². The minimum Gasteiger partial charge on any atom is -0.368 e. The van der Waals surface area contributed by atoms with Crippen LogP contribution in [-0.2, 0) is 20.9 Å². The Morgan fingerprint density at radius 3 is 2.64 bits per heavy atom. The van der Waals surface area contributed by atoms with Crippen LogP contribution in [0.4, 0.5) is 0 Å². The number of carbonyl (C=O) groups is 3. The molecule has 1 aromatic heterocycles. The lowest BCUT2D eigenvalue weighted by Crippen LogP contribution is -2.59. The van der Waals surface area contributed by atoms with Crippen molar-refractivity contribution in [1.29, 1.82) is 0 Å². The second kappa shape index (κ2) is 8.07. The van der Waals surface area contributed by atoms with Gasteiger partial charge in [0.15, 0.2) is 0 Å². The third-order valence-electron chi connectivity index (χ3n) is 8.10. The Labute approximate surface area is 194 Å². The van der Waals surface area contributed by atoms with Gasteiger partial charge in [0.1, 0.15) is 24.2 Å². The summed E-state index contributed by atoms with van der Waals surface area (Å²) in [6, 6.07) is -2.21. The van der Waals surface area contributed by atoms with Gasteiger partial charge in [0.05, 0.1) is 6.04 Å². The summed E-state index contributed by atoms with van der Waals surface area (Å²) in [7, 11) is 0. The van der Waals surface area contributed by atoms with Crippen molar-refractivity contribution >= 4 is 17.7 Å². The van der Waals surface area contributed by atoms with Gasteiger partial charge in [-0.3, -0.25) is 14.4 Å². The Morgan fingerprint density at radius 1 is 1.30 bits per heavy atom. The van der Waals surface area contributed by atoms with E-state index < -0.39 is 29.4 Å². The van der Waals surface area contributed by atoms with Gasteiger partial charge >= 0.3 is 0 Å². The van der Waals surface area contributed by atoms with E-state index in [9.17, 15) is 14.4 Å². The molecule has 0 spiro atoms. The van der Waals surface area contributed by atoms with Crippen LogP contribution in [0.2, 0.25) is 0 Å². The molecule has 3 heterocycles. The van der Waals surface area contributed by atoms with Crippen molar-refractivity contribution in [3.8, 4) is 0 Å². The summed E-state index contributed by atoms with van der Waals surface area (Å²) < 4.78 is 1.98. The molecule has 4 rings (SSSR count). The third-order valence-corrected chi connectivity index (χ3v) is 8.10. The summed E-state index contributed by atoms with van der Waals surface area (Å²) in [6.07, 6.45) is 3.85. The molecule has 1 aliphatic carbocycles. The standard InChI is InChI=1S/C23H37N7O3/c1-22(2,3)17(24)21(33)30-10-13-15(23(13,4)5)16(30)20(32)27-14(18(25)31)9-12-7-6-8-29-11-26-28-19(12)29/h11-17H,6-10,24H2,1-5H3,(H2,25,31)(H,27,32)/t12?,13-,14?,15-,16-,17?/m0/s1. The highest BCUT2D eigenvalue weighted by molar-refractivity contribution is 5.94. The summed E-state index contributed by atoms with van der Waals surface area (Å²) in [5, 5.41) is 11.1. The average Bonchev–Trinajstić information content (AvgIpc) is 3.16. The molecular formula is C23H37N7O3. The zero-order valence-electron chi connectivity index (χ0n) is 20.2. The van der Waals surface area contributed by atoms with Crippen molar-refractivity contribution in [1.82, 2.24) is 25.0 Å². The number of nitrogens with zero attached hydrogens (tertiary/aromatic N) is 4. The number of amides is 3. The molecule has 10 nitrogen and oxygen atoms in total. The van der Waals surface area contributed by atoms with E-state index >= 15 is 0 Å². The Morgan fingerprint density at radius 2 is 2.00 bits per heavy atom. The molecule has 182 valence electrons. The van der Waals surface area contributed by atoms with Crippen molar-refractivity contribution in [3.05, 3.63) is 12.2 Å². The summed E-state index contributed by atoms with van der Waals surface area (Å²) in [6.45, 7) is 11.3. The molecule has 0 bridgehead atoms. The number of carbonyl (C=O) groups excluding carboxylic acids is 3. The number of aryl methyl sites for hydroxylation is 1. The van der Waals surface area contributed by atoms with E-state index in [0.717, 1.165) is 25.2 Å². The fourth-order valence-corrected chi connectivity index (χ4v) is 5.76. The van der Waals surface area contributed by atoms with E-state index in [2.05, 4.69) is 29.4 Å². The van der Waals surface area contributed by atoms with Gasteiger partial charge in [-0.25, -0.2) is 0 Å². The van der Waals surface area contributed by atoms with Gasteiger partial charge in [-0.15, -0.1) is 10.2 Å². The van der Waals surface area contributed by atoms with Crippen molar-refractivity contribution in [2.24, 2.45) is 34.1 Å². The molecule has 0 aromatic carbocycles. The topological polar surface area (TPSA) is 149 Å². The monoisotopic (exact) mass is 459 g/mol. The number of aromatic nitrogens is 3. The highest BCUT2D eigenvalue weighted by atomic mass is 16.2. The first-order valence-electron chi connectivity index (χ1n) is 11.9. The maximum absolute atomic E-state index is 13.5. The van der Waals surface area contributed by atoms with Gasteiger partial charge in [0.25, 0.3) is 0 Å². The van der Waals surface area contributed by atoms with Crippen LogP contribution in [0.1, 0.15) is 65.6 Å². The van der Waals surface area contributed by atoms with Crippen molar-refractivity contribution < 1.29 is 14.4 Å². The van der Waals surface area contributed by atoms with Crippen LogP contribution in [0.5, 0.6) is 0 Å². The minimum atomic E-state index is -0.847. The van der Waals surface area contributed by atoms with Gasteiger partial charge in [-0.05, 0) is 41.9 Å². The zero-order chi connectivity index (χ0) is 24.3. The minimum absolute atomic E-state index is 0.0141. The molecule has 5 N–H and O–H groups in total.